The first kappa shape index (κ1) is 10.6. The molecule has 0 aliphatic rings. The Labute approximate surface area is 82.8 Å². The van der Waals surface area contributed by atoms with E-state index in [4.69, 9.17) is 10.6 Å². The molecule has 0 fully saturated rings. The molecule has 1 atom stereocenters. The largest absolute Gasteiger partial charge is 0.396 e. The van der Waals surface area contributed by atoms with Gasteiger partial charge in [0.1, 0.15) is 0 Å². The van der Waals surface area contributed by atoms with Gasteiger partial charge in [-0.3, -0.25) is 0 Å². The van der Waals surface area contributed by atoms with Crippen molar-refractivity contribution in [3.05, 3.63) is 46.3 Å². The smallest absolute Gasteiger partial charge is 0.0463 e. The molecule has 1 rings (SSSR count). The normalized spacial score (nSPS) is 11.8. The van der Waals surface area contributed by atoms with Gasteiger partial charge in [-0.15, -0.1) is 0 Å². The quantitative estimate of drug-likeness (QED) is 0.432. The van der Waals surface area contributed by atoms with Gasteiger partial charge >= 0.3 is 0 Å². The summed E-state index contributed by atoms with van der Waals surface area (Å²) >= 11 is 0. The first-order valence-electron chi connectivity index (χ1n) is 4.52. The molecule has 74 valence electrons. The second-order valence-corrected chi connectivity index (χ2v) is 3.15. The van der Waals surface area contributed by atoms with Crippen molar-refractivity contribution in [2.45, 2.75) is 6.42 Å². The summed E-state index contributed by atoms with van der Waals surface area (Å²) < 4.78 is 0. The van der Waals surface area contributed by atoms with Gasteiger partial charge in [0.05, 0.1) is 0 Å². The highest BCUT2D eigenvalue weighted by Crippen LogP contribution is 2.08. The molecule has 14 heavy (non-hydrogen) atoms. The van der Waals surface area contributed by atoms with E-state index in [1.54, 1.807) is 0 Å². The number of benzene rings is 1. The standard InChI is InChI=1S/C10H13N3O/c11-13-12-7-10(8-14)6-9-4-2-1-3-5-9/h1-5,10,14H,6-8H2/t10-/m1/s1. The summed E-state index contributed by atoms with van der Waals surface area (Å²) in [6.07, 6.45) is 0.746. The molecule has 0 saturated heterocycles. The average Bonchev–Trinajstić information content (AvgIpc) is 2.25. The molecular weight excluding hydrogens is 178 g/mol. The van der Waals surface area contributed by atoms with E-state index in [1.807, 2.05) is 30.3 Å². The summed E-state index contributed by atoms with van der Waals surface area (Å²) in [6.45, 7) is 0.399. The number of aliphatic hydroxyl groups excluding tert-OH is 1. The van der Waals surface area contributed by atoms with Gasteiger partial charge in [0.15, 0.2) is 0 Å². The van der Waals surface area contributed by atoms with Gasteiger partial charge in [0, 0.05) is 18.1 Å². The molecule has 0 saturated carbocycles. The monoisotopic (exact) mass is 191 g/mol. The second-order valence-electron chi connectivity index (χ2n) is 3.15. The SMILES string of the molecule is [N-]=[N+]=NC[C@H](CO)Cc1ccccc1. The lowest BCUT2D eigenvalue weighted by Gasteiger charge is -2.10. The lowest BCUT2D eigenvalue weighted by atomic mass is 10.0. The number of hydrogen-bond acceptors (Lipinski definition) is 2. The van der Waals surface area contributed by atoms with Gasteiger partial charge in [0.25, 0.3) is 0 Å². The molecule has 0 aliphatic heterocycles. The van der Waals surface area contributed by atoms with Crippen LogP contribution in [0.1, 0.15) is 5.56 Å². The van der Waals surface area contributed by atoms with E-state index in [1.165, 1.54) is 0 Å². The number of rotatable bonds is 5. The van der Waals surface area contributed by atoms with Crippen molar-refractivity contribution in [1.29, 1.82) is 0 Å². The minimum absolute atomic E-state index is 0.0216. The van der Waals surface area contributed by atoms with Crippen LogP contribution in [0.15, 0.2) is 35.4 Å². The molecule has 0 aromatic heterocycles. The van der Waals surface area contributed by atoms with Crippen molar-refractivity contribution in [2.24, 2.45) is 11.0 Å². The average molecular weight is 191 g/mol. The predicted molar refractivity (Wildman–Crippen MR) is 54.7 cm³/mol. The highest BCUT2D eigenvalue weighted by Gasteiger charge is 2.06. The predicted octanol–water partition coefficient (Wildman–Crippen LogP) is 2.15. The third-order valence-electron chi connectivity index (χ3n) is 2.03. The Morgan fingerprint density at radius 1 is 1.36 bits per heavy atom. The van der Waals surface area contributed by atoms with Gasteiger partial charge in [-0.05, 0) is 23.4 Å². The lowest BCUT2D eigenvalue weighted by molar-refractivity contribution is 0.230. The van der Waals surface area contributed by atoms with Crippen LogP contribution in [0, 0.1) is 5.92 Å². The summed E-state index contributed by atoms with van der Waals surface area (Å²) in [6, 6.07) is 9.86. The molecule has 0 heterocycles. The Morgan fingerprint density at radius 3 is 2.64 bits per heavy atom. The number of aliphatic hydroxyl groups is 1. The van der Waals surface area contributed by atoms with Crippen molar-refractivity contribution in [2.75, 3.05) is 13.2 Å². The van der Waals surface area contributed by atoms with Crippen LogP contribution >= 0.6 is 0 Å². The van der Waals surface area contributed by atoms with E-state index < -0.39 is 0 Å². The number of nitrogens with zero attached hydrogens (tertiary/aromatic N) is 3. The summed E-state index contributed by atoms with van der Waals surface area (Å²) in [5.41, 5.74) is 9.31. The number of azide groups is 1. The molecule has 1 aromatic carbocycles. The molecule has 1 N–H and O–H groups in total. The Kier molecular flexibility index (Phi) is 4.55. The van der Waals surface area contributed by atoms with Crippen LogP contribution in [0.25, 0.3) is 10.4 Å². The third-order valence-corrected chi connectivity index (χ3v) is 2.03. The fourth-order valence-corrected chi connectivity index (χ4v) is 1.29. The maximum Gasteiger partial charge on any atom is 0.0463 e. The van der Waals surface area contributed by atoms with Gasteiger partial charge in [-0.25, -0.2) is 0 Å². The lowest BCUT2D eigenvalue weighted by Crippen LogP contribution is -2.12. The molecule has 0 radical (unpaired) electrons. The first-order valence-corrected chi connectivity index (χ1v) is 4.52. The Bertz CT molecular complexity index is 306. The fourth-order valence-electron chi connectivity index (χ4n) is 1.29. The van der Waals surface area contributed by atoms with Crippen molar-refractivity contribution >= 4 is 0 Å². The summed E-state index contributed by atoms with van der Waals surface area (Å²) in [5, 5.41) is 12.5. The molecule has 0 spiro atoms. The third kappa shape index (κ3) is 3.47. The van der Waals surface area contributed by atoms with E-state index in [9.17, 15) is 0 Å². The van der Waals surface area contributed by atoms with Crippen molar-refractivity contribution < 1.29 is 5.11 Å². The zero-order valence-electron chi connectivity index (χ0n) is 7.87. The van der Waals surface area contributed by atoms with E-state index in [0.29, 0.717) is 6.54 Å². The van der Waals surface area contributed by atoms with Crippen LogP contribution in [0.5, 0.6) is 0 Å². The minimum atomic E-state index is 0.0216. The highest BCUT2D eigenvalue weighted by atomic mass is 16.3. The molecule has 0 amide bonds. The van der Waals surface area contributed by atoms with Crippen LogP contribution in [0.4, 0.5) is 0 Å². The van der Waals surface area contributed by atoms with Crippen molar-refractivity contribution in [3.63, 3.8) is 0 Å². The maximum absolute atomic E-state index is 9.03. The van der Waals surface area contributed by atoms with Gasteiger partial charge < -0.3 is 5.11 Å². The van der Waals surface area contributed by atoms with E-state index >= 15 is 0 Å². The molecule has 4 nitrogen and oxygen atoms in total. The van der Waals surface area contributed by atoms with E-state index in [0.717, 1.165) is 12.0 Å². The van der Waals surface area contributed by atoms with Gasteiger partial charge in [-0.1, -0.05) is 35.4 Å². The van der Waals surface area contributed by atoms with Crippen molar-refractivity contribution in [1.82, 2.24) is 0 Å². The van der Waals surface area contributed by atoms with Crippen LogP contribution < -0.4 is 0 Å². The van der Waals surface area contributed by atoms with E-state index in [2.05, 4.69) is 10.0 Å². The summed E-state index contributed by atoms with van der Waals surface area (Å²) in [5.74, 6) is 0.0216. The van der Waals surface area contributed by atoms with E-state index in [-0.39, 0.29) is 12.5 Å². The zero-order chi connectivity index (χ0) is 10.2. The Balaban J connectivity index is 2.52. The van der Waals surface area contributed by atoms with Crippen LogP contribution in [0.3, 0.4) is 0 Å². The second kappa shape index (κ2) is 6.02. The maximum atomic E-state index is 9.03. The summed E-state index contributed by atoms with van der Waals surface area (Å²) in [4.78, 5) is 2.68. The van der Waals surface area contributed by atoms with Crippen molar-refractivity contribution in [3.8, 4) is 0 Å². The van der Waals surface area contributed by atoms with Gasteiger partial charge in [0.2, 0.25) is 0 Å². The zero-order valence-corrected chi connectivity index (χ0v) is 7.87. The molecule has 1 aromatic rings. The molecule has 4 heteroatoms. The first-order chi connectivity index (χ1) is 6.86. The van der Waals surface area contributed by atoms with Gasteiger partial charge in [-0.2, -0.15) is 0 Å². The number of hydrogen-bond donors (Lipinski definition) is 1. The molecule has 0 aliphatic carbocycles. The Morgan fingerprint density at radius 2 is 2.07 bits per heavy atom. The highest BCUT2D eigenvalue weighted by molar-refractivity contribution is 5.15. The van der Waals surface area contributed by atoms with Crippen LogP contribution in [0.2, 0.25) is 0 Å². The minimum Gasteiger partial charge on any atom is -0.396 e. The molecular formula is C10H13N3O. The topological polar surface area (TPSA) is 69.0 Å². The molecule has 0 unspecified atom stereocenters. The van der Waals surface area contributed by atoms with Crippen LogP contribution in [-0.2, 0) is 6.42 Å². The fraction of sp³-hybridized carbons (Fsp3) is 0.400. The Hall–Kier alpha value is -1.51. The summed E-state index contributed by atoms with van der Waals surface area (Å²) in [7, 11) is 0. The molecule has 0 bridgehead atoms. The van der Waals surface area contributed by atoms with Crippen LogP contribution in [-0.4, -0.2) is 18.3 Å².